The zero-order chi connectivity index (χ0) is 27.6. The van der Waals surface area contributed by atoms with Crippen LogP contribution in [-0.2, 0) is 26.1 Å². The molecular formula is C28H29FN2O7S. The molecule has 2 aliphatic heterocycles. The number of ether oxygens (including phenoxy) is 3. The number of fused-ring (bicyclic) bond motifs is 3. The highest BCUT2D eigenvalue weighted by molar-refractivity contribution is 7.92. The van der Waals surface area contributed by atoms with Gasteiger partial charge >= 0.3 is 0 Å². The lowest BCUT2D eigenvalue weighted by atomic mass is 9.84. The van der Waals surface area contributed by atoms with Gasteiger partial charge in [-0.05, 0) is 42.8 Å². The molecule has 0 spiro atoms. The van der Waals surface area contributed by atoms with Gasteiger partial charge in [-0.25, -0.2) is 12.8 Å². The molecule has 0 aromatic heterocycles. The van der Waals surface area contributed by atoms with E-state index in [-0.39, 0.29) is 36.3 Å². The molecule has 0 bridgehead atoms. The van der Waals surface area contributed by atoms with Gasteiger partial charge in [0, 0.05) is 35.3 Å². The summed E-state index contributed by atoms with van der Waals surface area (Å²) in [5, 5.41) is 12.7. The number of rotatable bonds is 9. The van der Waals surface area contributed by atoms with Gasteiger partial charge in [0.05, 0.1) is 31.1 Å². The van der Waals surface area contributed by atoms with Crippen molar-refractivity contribution in [1.29, 1.82) is 0 Å². The molecule has 0 unspecified atom stereocenters. The van der Waals surface area contributed by atoms with E-state index in [0.29, 0.717) is 29.2 Å². The lowest BCUT2D eigenvalue weighted by molar-refractivity contribution is -0.142. The third kappa shape index (κ3) is 5.85. The van der Waals surface area contributed by atoms with Gasteiger partial charge in [0.2, 0.25) is 5.91 Å². The molecule has 2 aliphatic rings. The quantitative estimate of drug-likeness (QED) is 0.370. The second-order valence-electron chi connectivity index (χ2n) is 9.51. The summed E-state index contributed by atoms with van der Waals surface area (Å²) in [5.74, 6) is 0.0617. The minimum atomic E-state index is -3.88. The summed E-state index contributed by atoms with van der Waals surface area (Å²) < 4.78 is 59.7. The predicted molar refractivity (Wildman–Crippen MR) is 141 cm³/mol. The van der Waals surface area contributed by atoms with Gasteiger partial charge in [0.15, 0.2) is 0 Å². The van der Waals surface area contributed by atoms with Gasteiger partial charge in [0.25, 0.3) is 10.0 Å². The van der Waals surface area contributed by atoms with Crippen LogP contribution in [0.4, 0.5) is 10.1 Å². The Labute approximate surface area is 226 Å². The van der Waals surface area contributed by atoms with Crippen LogP contribution in [0.5, 0.6) is 11.5 Å². The number of aliphatic hydroxyl groups is 1. The van der Waals surface area contributed by atoms with Crippen molar-refractivity contribution in [3.63, 3.8) is 0 Å². The molecular weight excluding hydrogens is 527 g/mol. The maximum Gasteiger partial charge on any atom is 0.262 e. The summed E-state index contributed by atoms with van der Waals surface area (Å²) in [6, 6.07) is 17.4. The van der Waals surface area contributed by atoms with E-state index < -0.39 is 34.2 Å². The number of amides is 1. The maximum absolute atomic E-state index is 13.9. The highest BCUT2D eigenvalue weighted by atomic mass is 32.2. The van der Waals surface area contributed by atoms with Crippen LogP contribution in [-0.4, -0.2) is 51.5 Å². The molecule has 0 saturated carbocycles. The molecule has 4 atom stereocenters. The molecule has 5 rings (SSSR count). The van der Waals surface area contributed by atoms with E-state index in [1.54, 1.807) is 48.5 Å². The van der Waals surface area contributed by atoms with Gasteiger partial charge in [-0.2, -0.15) is 0 Å². The fraction of sp³-hybridized carbons (Fsp3) is 0.321. The molecule has 39 heavy (non-hydrogen) atoms. The summed E-state index contributed by atoms with van der Waals surface area (Å²) in [4.78, 5) is 12.7. The lowest BCUT2D eigenvalue weighted by Gasteiger charge is -2.37. The standard InChI is InChI=1S/C28H29FN2O7S/c1-36-19-6-4-7-21(12-19)39(34,35)31-18-9-10-25-22(11-18)23-13-20(37-26(16-32)28(23)38-25)14-27(33)30-15-17-5-2-3-8-24(17)29/h2-12,20,23,26,28,31-32H,13-16H2,1H3,(H,30,33)/t20-,23+,26-,28-/m1/s1. The van der Waals surface area contributed by atoms with Crippen molar-refractivity contribution < 1.29 is 36.9 Å². The third-order valence-electron chi connectivity index (χ3n) is 6.95. The number of benzene rings is 3. The summed E-state index contributed by atoms with van der Waals surface area (Å²) in [5.41, 5.74) is 1.50. The lowest BCUT2D eigenvalue weighted by Crippen LogP contribution is -2.47. The molecule has 2 heterocycles. The summed E-state index contributed by atoms with van der Waals surface area (Å²) in [7, 11) is -2.42. The Balaban J connectivity index is 1.29. The van der Waals surface area contributed by atoms with Crippen LogP contribution in [0, 0.1) is 5.82 Å². The predicted octanol–water partition coefficient (Wildman–Crippen LogP) is 3.34. The van der Waals surface area contributed by atoms with Crippen molar-refractivity contribution in [2.45, 2.75) is 48.5 Å². The van der Waals surface area contributed by atoms with E-state index >= 15 is 0 Å². The SMILES string of the molecule is COc1cccc(S(=O)(=O)Nc2ccc3c(c2)[C@@H]2C[C@H](CC(=O)NCc4ccccc4F)O[C@H](CO)[C@@H]2O3)c1. The van der Waals surface area contributed by atoms with Crippen LogP contribution in [0.15, 0.2) is 71.6 Å². The monoisotopic (exact) mass is 556 g/mol. The zero-order valence-corrected chi connectivity index (χ0v) is 22.0. The van der Waals surface area contributed by atoms with Gasteiger partial charge in [-0.1, -0.05) is 24.3 Å². The van der Waals surface area contributed by atoms with Gasteiger partial charge in [0.1, 0.15) is 29.5 Å². The van der Waals surface area contributed by atoms with Crippen molar-refractivity contribution in [3.05, 3.63) is 83.7 Å². The molecule has 3 aromatic carbocycles. The van der Waals surface area contributed by atoms with E-state index in [4.69, 9.17) is 14.2 Å². The number of anilines is 1. The summed E-state index contributed by atoms with van der Waals surface area (Å²) in [6.07, 6.45) is -1.22. The Morgan fingerprint density at radius 3 is 2.72 bits per heavy atom. The Morgan fingerprint density at radius 1 is 1.13 bits per heavy atom. The second kappa shape index (κ2) is 11.2. The average Bonchev–Trinajstić information content (AvgIpc) is 3.30. The molecule has 1 fully saturated rings. The first-order valence-electron chi connectivity index (χ1n) is 12.5. The molecule has 0 radical (unpaired) electrons. The average molecular weight is 557 g/mol. The first kappa shape index (κ1) is 26.9. The minimum absolute atomic E-state index is 0.0195. The Kier molecular flexibility index (Phi) is 7.74. The van der Waals surface area contributed by atoms with Crippen molar-refractivity contribution in [2.75, 3.05) is 18.4 Å². The van der Waals surface area contributed by atoms with Crippen LogP contribution < -0.4 is 19.5 Å². The molecule has 1 saturated heterocycles. The van der Waals surface area contributed by atoms with E-state index in [9.17, 15) is 22.7 Å². The first-order valence-corrected chi connectivity index (χ1v) is 14.0. The van der Waals surface area contributed by atoms with E-state index in [1.807, 2.05) is 0 Å². The number of nitrogens with one attached hydrogen (secondary N) is 2. The first-order chi connectivity index (χ1) is 18.8. The topological polar surface area (TPSA) is 123 Å². The van der Waals surface area contributed by atoms with Crippen LogP contribution in [0.1, 0.15) is 29.9 Å². The van der Waals surface area contributed by atoms with E-state index in [0.717, 1.165) is 5.56 Å². The van der Waals surface area contributed by atoms with E-state index in [2.05, 4.69) is 10.0 Å². The Hall–Kier alpha value is -3.67. The number of hydrogen-bond donors (Lipinski definition) is 3. The Bertz CT molecular complexity index is 1470. The highest BCUT2D eigenvalue weighted by Crippen LogP contribution is 2.47. The fourth-order valence-electron chi connectivity index (χ4n) is 5.05. The highest BCUT2D eigenvalue weighted by Gasteiger charge is 2.46. The van der Waals surface area contributed by atoms with Crippen LogP contribution in [0.2, 0.25) is 0 Å². The van der Waals surface area contributed by atoms with Gasteiger partial charge < -0.3 is 24.6 Å². The number of sulfonamides is 1. The zero-order valence-electron chi connectivity index (χ0n) is 21.2. The number of methoxy groups -OCH3 is 1. The normalized spacial score (nSPS) is 21.8. The summed E-state index contributed by atoms with van der Waals surface area (Å²) >= 11 is 0. The van der Waals surface area contributed by atoms with Crippen LogP contribution in [0.25, 0.3) is 0 Å². The molecule has 3 N–H and O–H groups in total. The van der Waals surface area contributed by atoms with Crippen LogP contribution >= 0.6 is 0 Å². The van der Waals surface area contributed by atoms with Gasteiger partial charge in [-0.15, -0.1) is 0 Å². The molecule has 11 heteroatoms. The molecule has 206 valence electrons. The maximum atomic E-state index is 13.9. The van der Waals surface area contributed by atoms with Crippen molar-refractivity contribution in [3.8, 4) is 11.5 Å². The van der Waals surface area contributed by atoms with Crippen LogP contribution in [0.3, 0.4) is 0 Å². The number of halogens is 1. The van der Waals surface area contributed by atoms with Crippen molar-refractivity contribution in [1.82, 2.24) is 5.32 Å². The third-order valence-corrected chi connectivity index (χ3v) is 8.33. The number of aliphatic hydroxyl groups excluding tert-OH is 1. The fourth-order valence-corrected chi connectivity index (χ4v) is 6.13. The van der Waals surface area contributed by atoms with Crippen molar-refractivity contribution >= 4 is 21.6 Å². The number of carbonyl (C=O) groups excluding carboxylic acids is 1. The molecule has 1 amide bonds. The smallest absolute Gasteiger partial charge is 0.262 e. The number of hydrogen-bond acceptors (Lipinski definition) is 7. The molecule has 3 aromatic rings. The largest absolute Gasteiger partial charge is 0.497 e. The van der Waals surface area contributed by atoms with Gasteiger partial charge in [-0.3, -0.25) is 9.52 Å². The van der Waals surface area contributed by atoms with Crippen molar-refractivity contribution in [2.24, 2.45) is 0 Å². The minimum Gasteiger partial charge on any atom is -0.497 e. The Morgan fingerprint density at radius 2 is 1.95 bits per heavy atom. The number of carbonyl (C=O) groups is 1. The van der Waals surface area contributed by atoms with E-state index in [1.165, 1.54) is 25.3 Å². The molecule has 0 aliphatic carbocycles. The molecule has 9 nitrogen and oxygen atoms in total. The second-order valence-corrected chi connectivity index (χ2v) is 11.2. The summed E-state index contributed by atoms with van der Waals surface area (Å²) in [6.45, 7) is -0.256.